The van der Waals surface area contributed by atoms with Gasteiger partial charge in [-0.2, -0.15) is 0 Å². The SMILES string of the molecule is CCCCC(N[C@H](C)c1ccccc1Cl)C(=O)OC. The normalized spacial score (nSPS) is 13.9. The first-order valence-electron chi connectivity index (χ1n) is 6.68. The monoisotopic (exact) mass is 283 g/mol. The molecule has 0 aromatic heterocycles. The van der Waals surface area contributed by atoms with Gasteiger partial charge in [-0.15, -0.1) is 0 Å². The predicted molar refractivity (Wildman–Crippen MR) is 78.3 cm³/mol. The highest BCUT2D eigenvalue weighted by atomic mass is 35.5. The number of rotatable bonds is 7. The van der Waals surface area contributed by atoms with Crippen molar-refractivity contribution in [2.75, 3.05) is 7.11 Å². The molecule has 0 saturated carbocycles. The van der Waals surface area contributed by atoms with Gasteiger partial charge in [-0.1, -0.05) is 49.6 Å². The Kier molecular flexibility index (Phi) is 6.89. The Labute approximate surface area is 120 Å². The second-order valence-corrected chi connectivity index (χ2v) is 5.04. The van der Waals surface area contributed by atoms with Crippen molar-refractivity contribution in [2.45, 2.75) is 45.2 Å². The number of esters is 1. The molecule has 0 saturated heterocycles. The van der Waals surface area contributed by atoms with Crippen molar-refractivity contribution in [1.82, 2.24) is 5.32 Å². The standard InChI is InChI=1S/C15H22ClNO2/c1-4-5-10-14(15(18)19-3)17-11(2)12-8-6-7-9-13(12)16/h6-9,11,14,17H,4-5,10H2,1-3H3/t11-,14?/m1/s1. The van der Waals surface area contributed by atoms with Crippen LogP contribution in [0.2, 0.25) is 5.02 Å². The number of halogens is 1. The number of carbonyl (C=O) groups excluding carboxylic acids is 1. The van der Waals surface area contributed by atoms with Crippen LogP contribution >= 0.6 is 11.6 Å². The summed E-state index contributed by atoms with van der Waals surface area (Å²) in [6, 6.07) is 7.39. The first-order chi connectivity index (χ1) is 9.10. The van der Waals surface area contributed by atoms with Gasteiger partial charge in [0.25, 0.3) is 0 Å². The van der Waals surface area contributed by atoms with Gasteiger partial charge >= 0.3 is 5.97 Å². The molecule has 0 radical (unpaired) electrons. The van der Waals surface area contributed by atoms with Crippen LogP contribution in [-0.4, -0.2) is 19.1 Å². The van der Waals surface area contributed by atoms with E-state index in [1.807, 2.05) is 31.2 Å². The lowest BCUT2D eigenvalue weighted by Crippen LogP contribution is -2.39. The molecule has 1 aromatic rings. The van der Waals surface area contributed by atoms with E-state index >= 15 is 0 Å². The number of unbranched alkanes of at least 4 members (excludes halogenated alkanes) is 1. The summed E-state index contributed by atoms with van der Waals surface area (Å²) >= 11 is 6.16. The third-order valence-electron chi connectivity index (χ3n) is 3.15. The number of ether oxygens (including phenoxy) is 1. The zero-order chi connectivity index (χ0) is 14.3. The molecule has 0 aliphatic carbocycles. The Bertz CT molecular complexity index is 409. The van der Waals surface area contributed by atoms with E-state index in [4.69, 9.17) is 16.3 Å². The molecule has 19 heavy (non-hydrogen) atoms. The molecule has 0 heterocycles. The largest absolute Gasteiger partial charge is 0.468 e. The highest BCUT2D eigenvalue weighted by Gasteiger charge is 2.21. The number of hydrogen-bond acceptors (Lipinski definition) is 3. The smallest absolute Gasteiger partial charge is 0.322 e. The van der Waals surface area contributed by atoms with Crippen molar-refractivity contribution in [1.29, 1.82) is 0 Å². The maximum Gasteiger partial charge on any atom is 0.322 e. The van der Waals surface area contributed by atoms with Gasteiger partial charge in [-0.3, -0.25) is 10.1 Å². The minimum absolute atomic E-state index is 0.00894. The molecule has 1 rings (SSSR count). The number of benzene rings is 1. The Balaban J connectivity index is 2.72. The summed E-state index contributed by atoms with van der Waals surface area (Å²) in [7, 11) is 1.42. The van der Waals surface area contributed by atoms with Gasteiger partial charge in [-0.05, 0) is 25.0 Å². The lowest BCUT2D eigenvalue weighted by atomic mass is 10.0. The van der Waals surface area contributed by atoms with Crippen molar-refractivity contribution < 1.29 is 9.53 Å². The third kappa shape index (κ3) is 4.84. The number of carbonyl (C=O) groups is 1. The van der Waals surface area contributed by atoms with E-state index in [1.165, 1.54) is 7.11 Å². The molecule has 0 aliphatic rings. The van der Waals surface area contributed by atoms with Crippen molar-refractivity contribution in [3.63, 3.8) is 0 Å². The van der Waals surface area contributed by atoms with Crippen LogP contribution in [0, 0.1) is 0 Å². The second-order valence-electron chi connectivity index (χ2n) is 4.63. The summed E-state index contributed by atoms with van der Waals surface area (Å²) in [5, 5.41) is 4.01. The van der Waals surface area contributed by atoms with Crippen LogP contribution < -0.4 is 5.32 Å². The zero-order valence-corrected chi connectivity index (χ0v) is 12.5. The Morgan fingerprint density at radius 3 is 2.68 bits per heavy atom. The van der Waals surface area contributed by atoms with Crippen molar-refractivity contribution in [3.05, 3.63) is 34.9 Å². The van der Waals surface area contributed by atoms with E-state index in [0.29, 0.717) is 5.02 Å². The van der Waals surface area contributed by atoms with Crippen molar-refractivity contribution >= 4 is 17.6 Å². The molecule has 0 spiro atoms. The highest BCUT2D eigenvalue weighted by Crippen LogP contribution is 2.23. The van der Waals surface area contributed by atoms with E-state index in [-0.39, 0.29) is 18.1 Å². The van der Waals surface area contributed by atoms with Crippen LogP contribution in [0.4, 0.5) is 0 Å². The summed E-state index contributed by atoms with van der Waals surface area (Å²) < 4.78 is 4.84. The predicted octanol–water partition coefficient (Wildman–Crippen LogP) is 3.72. The number of hydrogen-bond donors (Lipinski definition) is 1. The summed E-state index contributed by atoms with van der Waals surface area (Å²) in [6.45, 7) is 4.11. The van der Waals surface area contributed by atoms with E-state index in [1.54, 1.807) is 0 Å². The van der Waals surface area contributed by atoms with E-state index in [0.717, 1.165) is 24.8 Å². The van der Waals surface area contributed by atoms with E-state index < -0.39 is 0 Å². The van der Waals surface area contributed by atoms with Crippen molar-refractivity contribution in [2.24, 2.45) is 0 Å². The van der Waals surface area contributed by atoms with Crippen molar-refractivity contribution in [3.8, 4) is 0 Å². The summed E-state index contributed by atoms with van der Waals surface area (Å²) in [6.07, 6.45) is 2.82. The lowest BCUT2D eigenvalue weighted by molar-refractivity contribution is -0.143. The highest BCUT2D eigenvalue weighted by molar-refractivity contribution is 6.31. The fraction of sp³-hybridized carbons (Fsp3) is 0.533. The summed E-state index contributed by atoms with van der Waals surface area (Å²) in [5.74, 6) is -0.215. The van der Waals surface area contributed by atoms with Gasteiger partial charge in [0.1, 0.15) is 6.04 Å². The molecule has 1 N–H and O–H groups in total. The molecule has 3 nitrogen and oxygen atoms in total. The van der Waals surface area contributed by atoms with E-state index in [9.17, 15) is 4.79 Å². The van der Waals surface area contributed by atoms with Gasteiger partial charge in [0.05, 0.1) is 7.11 Å². The molecular weight excluding hydrogens is 262 g/mol. The maximum atomic E-state index is 11.8. The van der Waals surface area contributed by atoms with Crippen LogP contribution in [0.3, 0.4) is 0 Å². The second kappa shape index (κ2) is 8.18. The van der Waals surface area contributed by atoms with Crippen LogP contribution in [0.15, 0.2) is 24.3 Å². The molecule has 0 amide bonds. The Morgan fingerprint density at radius 1 is 1.42 bits per heavy atom. The van der Waals surface area contributed by atoms with Crippen LogP contribution in [0.1, 0.15) is 44.7 Å². The molecule has 4 heteroatoms. The lowest BCUT2D eigenvalue weighted by Gasteiger charge is -2.22. The summed E-state index contributed by atoms with van der Waals surface area (Å²) in [4.78, 5) is 11.8. The quantitative estimate of drug-likeness (QED) is 0.775. The van der Waals surface area contributed by atoms with Gasteiger partial charge in [0, 0.05) is 11.1 Å². The zero-order valence-electron chi connectivity index (χ0n) is 11.8. The van der Waals surface area contributed by atoms with Gasteiger partial charge in [0.15, 0.2) is 0 Å². The topological polar surface area (TPSA) is 38.3 Å². The van der Waals surface area contributed by atoms with Gasteiger partial charge in [-0.25, -0.2) is 0 Å². The average molecular weight is 284 g/mol. The Morgan fingerprint density at radius 2 is 2.11 bits per heavy atom. The molecular formula is C15H22ClNO2. The Hall–Kier alpha value is -1.06. The minimum Gasteiger partial charge on any atom is -0.468 e. The number of methoxy groups -OCH3 is 1. The molecule has 106 valence electrons. The maximum absolute atomic E-state index is 11.8. The van der Waals surface area contributed by atoms with Crippen LogP contribution in [0.25, 0.3) is 0 Å². The fourth-order valence-electron chi connectivity index (χ4n) is 2.04. The molecule has 1 unspecified atom stereocenters. The first-order valence-corrected chi connectivity index (χ1v) is 7.06. The summed E-state index contributed by atoms with van der Waals surface area (Å²) in [5.41, 5.74) is 0.995. The van der Waals surface area contributed by atoms with Crippen LogP contribution in [-0.2, 0) is 9.53 Å². The molecule has 0 bridgehead atoms. The minimum atomic E-state index is -0.281. The van der Waals surface area contributed by atoms with E-state index in [2.05, 4.69) is 12.2 Å². The van der Waals surface area contributed by atoms with Crippen LogP contribution in [0.5, 0.6) is 0 Å². The third-order valence-corrected chi connectivity index (χ3v) is 3.50. The molecule has 2 atom stereocenters. The molecule has 0 fully saturated rings. The molecule has 1 aromatic carbocycles. The first kappa shape index (κ1) is 16.0. The van der Waals surface area contributed by atoms with Gasteiger partial charge in [0.2, 0.25) is 0 Å². The molecule has 0 aliphatic heterocycles. The fourth-order valence-corrected chi connectivity index (χ4v) is 2.34. The number of nitrogens with one attached hydrogen (secondary N) is 1. The van der Waals surface area contributed by atoms with Gasteiger partial charge < -0.3 is 4.74 Å². The average Bonchev–Trinajstić information content (AvgIpc) is 2.42.